The maximum absolute atomic E-state index is 11.3. The van der Waals surface area contributed by atoms with Gasteiger partial charge in [0.2, 0.25) is 0 Å². The standard InChI is InChI=1S/C20H24N2O/c1-13(2)15-5-6-17-10-18(8-7-16(17)9-15)20(23,14(3)4)19-11-21-12-22-19/h5-14,23H,1-4H3,(H,21,22). The molecule has 0 bridgehead atoms. The first-order valence-electron chi connectivity index (χ1n) is 8.18. The number of aliphatic hydroxyl groups is 1. The molecule has 0 aliphatic rings. The van der Waals surface area contributed by atoms with Crippen LogP contribution >= 0.6 is 0 Å². The Hall–Kier alpha value is -2.13. The number of nitrogens with one attached hydrogen (secondary N) is 1. The number of nitrogens with zero attached hydrogens (tertiary/aromatic N) is 1. The number of fused-ring (bicyclic) bond motifs is 1. The number of hydrogen-bond donors (Lipinski definition) is 2. The maximum atomic E-state index is 11.3. The zero-order chi connectivity index (χ0) is 16.6. The SMILES string of the molecule is CC(C)c1ccc2cc(C(O)(c3c[nH]cn3)C(C)C)ccc2c1. The average molecular weight is 308 g/mol. The number of imidazole rings is 1. The molecule has 0 aliphatic carbocycles. The molecule has 3 nitrogen and oxygen atoms in total. The number of aromatic amines is 1. The Morgan fingerprint density at radius 2 is 1.70 bits per heavy atom. The summed E-state index contributed by atoms with van der Waals surface area (Å²) in [7, 11) is 0. The van der Waals surface area contributed by atoms with E-state index in [1.807, 2.05) is 19.9 Å². The molecule has 2 N–H and O–H groups in total. The van der Waals surface area contributed by atoms with Crippen molar-refractivity contribution in [3.63, 3.8) is 0 Å². The summed E-state index contributed by atoms with van der Waals surface area (Å²) in [6.07, 6.45) is 3.38. The monoisotopic (exact) mass is 308 g/mol. The van der Waals surface area contributed by atoms with Gasteiger partial charge < -0.3 is 10.1 Å². The van der Waals surface area contributed by atoms with Crippen LogP contribution in [0, 0.1) is 5.92 Å². The highest BCUT2D eigenvalue weighted by Gasteiger charge is 2.37. The Morgan fingerprint density at radius 1 is 1.00 bits per heavy atom. The zero-order valence-electron chi connectivity index (χ0n) is 14.2. The molecule has 0 spiro atoms. The second kappa shape index (κ2) is 5.82. The van der Waals surface area contributed by atoms with Crippen molar-refractivity contribution in [1.82, 2.24) is 9.97 Å². The molecule has 0 amide bonds. The Morgan fingerprint density at radius 3 is 2.30 bits per heavy atom. The van der Waals surface area contributed by atoms with E-state index in [0.717, 1.165) is 10.9 Å². The summed E-state index contributed by atoms with van der Waals surface area (Å²) in [5.74, 6) is 0.522. The Labute approximate surface area is 137 Å². The van der Waals surface area contributed by atoms with E-state index in [1.54, 1.807) is 12.5 Å². The molecule has 3 aromatic rings. The predicted octanol–water partition coefficient (Wildman–Crippen LogP) is 4.58. The number of hydrogen-bond acceptors (Lipinski definition) is 2. The van der Waals surface area contributed by atoms with Crippen LogP contribution in [-0.2, 0) is 5.60 Å². The van der Waals surface area contributed by atoms with Gasteiger partial charge in [-0.3, -0.25) is 0 Å². The maximum Gasteiger partial charge on any atom is 0.135 e. The van der Waals surface area contributed by atoms with E-state index in [0.29, 0.717) is 11.6 Å². The second-order valence-corrected chi connectivity index (χ2v) is 6.85. The van der Waals surface area contributed by atoms with Crippen molar-refractivity contribution >= 4 is 10.8 Å². The summed E-state index contributed by atoms with van der Waals surface area (Å²) in [5, 5.41) is 13.7. The van der Waals surface area contributed by atoms with Crippen molar-refractivity contribution < 1.29 is 5.11 Å². The van der Waals surface area contributed by atoms with Crippen molar-refractivity contribution in [2.24, 2.45) is 5.92 Å². The first kappa shape index (κ1) is 15.8. The molecule has 2 aromatic carbocycles. The van der Waals surface area contributed by atoms with Crippen molar-refractivity contribution in [2.45, 2.75) is 39.2 Å². The highest BCUT2D eigenvalue weighted by atomic mass is 16.3. The fourth-order valence-electron chi connectivity index (χ4n) is 3.11. The van der Waals surface area contributed by atoms with Crippen LogP contribution in [0.2, 0.25) is 0 Å². The smallest absolute Gasteiger partial charge is 0.135 e. The Kier molecular flexibility index (Phi) is 3.99. The summed E-state index contributed by atoms with van der Waals surface area (Å²) in [5.41, 5.74) is 1.77. The van der Waals surface area contributed by atoms with Crippen LogP contribution in [-0.4, -0.2) is 15.1 Å². The summed E-state index contributed by atoms with van der Waals surface area (Å²) in [6.45, 7) is 8.43. The van der Waals surface area contributed by atoms with Gasteiger partial charge in [0.05, 0.1) is 12.0 Å². The van der Waals surface area contributed by atoms with Gasteiger partial charge in [0.15, 0.2) is 0 Å². The van der Waals surface area contributed by atoms with Gasteiger partial charge in [0.25, 0.3) is 0 Å². The molecule has 0 fully saturated rings. The van der Waals surface area contributed by atoms with Crippen molar-refractivity contribution in [3.05, 3.63) is 65.7 Å². The van der Waals surface area contributed by atoms with Crippen molar-refractivity contribution in [1.29, 1.82) is 0 Å². The van der Waals surface area contributed by atoms with Gasteiger partial charge in [0.1, 0.15) is 5.60 Å². The first-order valence-corrected chi connectivity index (χ1v) is 8.18. The highest BCUT2D eigenvalue weighted by Crippen LogP contribution is 2.37. The average Bonchev–Trinajstić information content (AvgIpc) is 3.07. The molecular weight excluding hydrogens is 284 g/mol. The van der Waals surface area contributed by atoms with Gasteiger partial charge in [-0.25, -0.2) is 4.98 Å². The van der Waals surface area contributed by atoms with Crippen LogP contribution < -0.4 is 0 Å². The van der Waals surface area contributed by atoms with E-state index < -0.39 is 5.60 Å². The van der Waals surface area contributed by atoms with Crippen LogP contribution in [0.15, 0.2) is 48.9 Å². The summed E-state index contributed by atoms with van der Waals surface area (Å²) in [6, 6.07) is 12.7. The summed E-state index contributed by atoms with van der Waals surface area (Å²) >= 11 is 0. The Balaban J connectivity index is 2.13. The topological polar surface area (TPSA) is 48.9 Å². The molecule has 23 heavy (non-hydrogen) atoms. The third-order valence-corrected chi connectivity index (χ3v) is 4.70. The molecule has 0 saturated carbocycles. The largest absolute Gasteiger partial charge is 0.378 e. The number of benzene rings is 2. The quantitative estimate of drug-likeness (QED) is 0.741. The molecule has 1 aromatic heterocycles. The van der Waals surface area contributed by atoms with Crippen molar-refractivity contribution in [3.8, 4) is 0 Å². The molecule has 120 valence electrons. The lowest BCUT2D eigenvalue weighted by molar-refractivity contribution is 0.0281. The molecule has 0 radical (unpaired) electrons. The van der Waals surface area contributed by atoms with Gasteiger partial charge in [-0.1, -0.05) is 58.0 Å². The highest BCUT2D eigenvalue weighted by molar-refractivity contribution is 5.84. The fourth-order valence-corrected chi connectivity index (χ4v) is 3.11. The van der Waals surface area contributed by atoms with Gasteiger partial charge >= 0.3 is 0 Å². The molecule has 1 atom stereocenters. The number of H-pyrrole nitrogens is 1. The van der Waals surface area contributed by atoms with E-state index in [-0.39, 0.29) is 5.92 Å². The first-order chi connectivity index (χ1) is 10.9. The molecule has 3 rings (SSSR count). The normalized spacial score (nSPS) is 14.6. The zero-order valence-corrected chi connectivity index (χ0v) is 14.2. The summed E-state index contributed by atoms with van der Waals surface area (Å²) < 4.78 is 0. The van der Waals surface area contributed by atoms with E-state index in [1.165, 1.54) is 10.9 Å². The van der Waals surface area contributed by atoms with E-state index in [2.05, 4.69) is 54.1 Å². The molecule has 0 saturated heterocycles. The fraction of sp³-hybridized carbons (Fsp3) is 0.350. The van der Waals surface area contributed by atoms with Crippen LogP contribution in [0.3, 0.4) is 0 Å². The summed E-state index contributed by atoms with van der Waals surface area (Å²) in [4.78, 5) is 7.24. The van der Waals surface area contributed by atoms with Crippen LogP contribution in [0.5, 0.6) is 0 Å². The van der Waals surface area contributed by atoms with Gasteiger partial charge in [-0.15, -0.1) is 0 Å². The van der Waals surface area contributed by atoms with Crippen LogP contribution in [0.25, 0.3) is 10.8 Å². The molecular formula is C20H24N2O. The number of rotatable bonds is 4. The number of aromatic nitrogens is 2. The van der Waals surface area contributed by atoms with E-state index in [9.17, 15) is 5.11 Å². The van der Waals surface area contributed by atoms with Crippen LogP contribution in [0.1, 0.15) is 50.4 Å². The third kappa shape index (κ3) is 2.66. The minimum atomic E-state index is -1.09. The minimum Gasteiger partial charge on any atom is -0.378 e. The lowest BCUT2D eigenvalue weighted by atomic mass is 9.80. The Bertz CT molecular complexity index is 806. The molecule has 3 heteroatoms. The van der Waals surface area contributed by atoms with Gasteiger partial charge in [-0.2, -0.15) is 0 Å². The predicted molar refractivity (Wildman–Crippen MR) is 94.5 cm³/mol. The lowest BCUT2D eigenvalue weighted by Gasteiger charge is -2.31. The van der Waals surface area contributed by atoms with Crippen LogP contribution in [0.4, 0.5) is 0 Å². The molecule has 0 aliphatic heterocycles. The molecule has 1 unspecified atom stereocenters. The van der Waals surface area contributed by atoms with Gasteiger partial charge in [-0.05, 0) is 39.8 Å². The van der Waals surface area contributed by atoms with Crippen molar-refractivity contribution in [2.75, 3.05) is 0 Å². The molecule has 1 heterocycles. The van der Waals surface area contributed by atoms with E-state index >= 15 is 0 Å². The third-order valence-electron chi connectivity index (χ3n) is 4.70. The second-order valence-electron chi connectivity index (χ2n) is 6.85. The lowest BCUT2D eigenvalue weighted by Crippen LogP contribution is -2.33. The minimum absolute atomic E-state index is 0.0122. The van der Waals surface area contributed by atoms with Gasteiger partial charge in [0, 0.05) is 6.20 Å². The van der Waals surface area contributed by atoms with E-state index in [4.69, 9.17) is 0 Å².